The van der Waals surface area contributed by atoms with E-state index in [1.165, 1.54) is 0 Å². The minimum absolute atomic E-state index is 0.0634. The van der Waals surface area contributed by atoms with Crippen molar-refractivity contribution in [3.63, 3.8) is 0 Å². The third-order valence-corrected chi connectivity index (χ3v) is 4.78. The molecule has 0 saturated carbocycles. The monoisotopic (exact) mass is 350 g/mol. The van der Waals surface area contributed by atoms with Gasteiger partial charge in [0, 0.05) is 6.54 Å². The van der Waals surface area contributed by atoms with Crippen molar-refractivity contribution >= 4 is 23.6 Å². The molecule has 0 bridgehead atoms. The van der Waals surface area contributed by atoms with Gasteiger partial charge in [-0.3, -0.25) is 9.59 Å². The third kappa shape index (κ3) is 2.73. The summed E-state index contributed by atoms with van der Waals surface area (Å²) in [5.41, 5.74) is 1.46. The first-order valence-electron chi connectivity index (χ1n) is 8.61. The lowest BCUT2D eigenvalue weighted by Gasteiger charge is -2.23. The lowest BCUT2D eigenvalue weighted by molar-refractivity contribution is -0.121. The number of anilines is 1. The van der Waals surface area contributed by atoms with E-state index in [1.54, 1.807) is 29.2 Å². The zero-order valence-corrected chi connectivity index (χ0v) is 14.1. The van der Waals surface area contributed by atoms with Gasteiger partial charge in [-0.2, -0.15) is 0 Å². The summed E-state index contributed by atoms with van der Waals surface area (Å²) in [4.78, 5) is 41.2. The van der Waals surface area contributed by atoms with Gasteiger partial charge in [-0.1, -0.05) is 42.5 Å². The lowest BCUT2D eigenvalue weighted by atomic mass is 10.1. The number of amides is 3. The van der Waals surface area contributed by atoms with Gasteiger partial charge in [-0.15, -0.1) is 0 Å². The van der Waals surface area contributed by atoms with Crippen molar-refractivity contribution in [2.75, 3.05) is 11.4 Å². The van der Waals surface area contributed by atoms with E-state index in [4.69, 9.17) is 4.74 Å². The lowest BCUT2D eigenvalue weighted by Crippen LogP contribution is -2.47. The third-order valence-electron chi connectivity index (χ3n) is 4.78. The van der Waals surface area contributed by atoms with Crippen LogP contribution < -0.4 is 4.90 Å². The molecule has 0 aliphatic carbocycles. The zero-order valence-electron chi connectivity index (χ0n) is 14.1. The molecule has 0 aromatic heterocycles. The van der Waals surface area contributed by atoms with Gasteiger partial charge in [0.05, 0.1) is 11.3 Å². The second-order valence-corrected chi connectivity index (χ2v) is 6.39. The Kier molecular flexibility index (Phi) is 4.16. The van der Waals surface area contributed by atoms with Crippen molar-refractivity contribution in [2.24, 2.45) is 0 Å². The Morgan fingerprint density at radius 3 is 2.58 bits per heavy atom. The normalized spacial score (nSPS) is 19.0. The van der Waals surface area contributed by atoms with E-state index in [9.17, 15) is 14.4 Å². The van der Waals surface area contributed by atoms with E-state index < -0.39 is 18.0 Å². The van der Waals surface area contributed by atoms with E-state index in [0.717, 1.165) is 16.9 Å². The van der Waals surface area contributed by atoms with E-state index >= 15 is 0 Å². The predicted octanol–water partition coefficient (Wildman–Crippen LogP) is 2.97. The minimum atomic E-state index is -0.757. The molecule has 0 spiro atoms. The van der Waals surface area contributed by atoms with Crippen molar-refractivity contribution in [3.05, 3.63) is 65.7 Å². The van der Waals surface area contributed by atoms with Crippen LogP contribution in [0.5, 0.6) is 0 Å². The van der Waals surface area contributed by atoms with Crippen LogP contribution >= 0.6 is 0 Å². The molecule has 1 fully saturated rings. The first kappa shape index (κ1) is 16.3. The predicted molar refractivity (Wildman–Crippen MR) is 94.6 cm³/mol. The Balaban J connectivity index is 1.66. The van der Waals surface area contributed by atoms with Crippen LogP contribution in [0.15, 0.2) is 54.6 Å². The fourth-order valence-corrected chi connectivity index (χ4v) is 3.51. The first-order chi connectivity index (χ1) is 12.7. The molecular weight excluding hydrogens is 332 g/mol. The Hall–Kier alpha value is -3.15. The molecule has 1 unspecified atom stereocenters. The highest BCUT2D eigenvalue weighted by molar-refractivity contribution is 6.20. The van der Waals surface area contributed by atoms with Gasteiger partial charge >= 0.3 is 6.09 Å². The van der Waals surface area contributed by atoms with Crippen LogP contribution in [0.4, 0.5) is 10.5 Å². The summed E-state index contributed by atoms with van der Waals surface area (Å²) >= 11 is 0. The van der Waals surface area contributed by atoms with Crippen LogP contribution in [-0.2, 0) is 16.1 Å². The highest BCUT2D eigenvalue weighted by Crippen LogP contribution is 2.32. The molecule has 2 aromatic carbocycles. The summed E-state index contributed by atoms with van der Waals surface area (Å²) in [6.45, 7) is 0.588. The smallest absolute Gasteiger partial charge is 0.421 e. The Morgan fingerprint density at radius 1 is 1.04 bits per heavy atom. The average molecular weight is 350 g/mol. The van der Waals surface area contributed by atoms with Gasteiger partial charge in [0.15, 0.2) is 0 Å². The van der Waals surface area contributed by atoms with E-state index in [-0.39, 0.29) is 18.2 Å². The summed E-state index contributed by atoms with van der Waals surface area (Å²) < 4.78 is 5.37. The number of fused-ring (bicyclic) bond motifs is 2. The van der Waals surface area contributed by atoms with Crippen molar-refractivity contribution in [1.82, 2.24) is 4.90 Å². The fraction of sp³-hybridized carbons (Fsp3) is 0.250. The van der Waals surface area contributed by atoms with Gasteiger partial charge in [-0.05, 0) is 30.5 Å². The summed E-state index contributed by atoms with van der Waals surface area (Å²) in [5, 5.41) is 0. The van der Waals surface area contributed by atoms with Crippen LogP contribution in [0, 0.1) is 0 Å². The quantitative estimate of drug-likeness (QED) is 0.835. The van der Waals surface area contributed by atoms with Crippen LogP contribution in [-0.4, -0.2) is 35.4 Å². The average Bonchev–Trinajstić information content (AvgIpc) is 3.14. The molecule has 2 aliphatic heterocycles. The summed E-state index contributed by atoms with van der Waals surface area (Å²) in [5.74, 6) is -0.617. The first-order valence-corrected chi connectivity index (χ1v) is 8.61. The van der Waals surface area contributed by atoms with Crippen LogP contribution in [0.25, 0.3) is 0 Å². The maximum absolute atomic E-state index is 13.0. The fourth-order valence-electron chi connectivity index (χ4n) is 3.51. The molecule has 3 amide bonds. The summed E-state index contributed by atoms with van der Waals surface area (Å²) in [6.07, 6.45) is 0.547. The molecule has 6 heteroatoms. The second kappa shape index (κ2) is 6.63. The number of imide groups is 1. The summed E-state index contributed by atoms with van der Waals surface area (Å²) in [7, 11) is 0. The van der Waals surface area contributed by atoms with Gasteiger partial charge in [0.2, 0.25) is 0 Å². The SMILES string of the molecule is O=C(OCc1ccccc1)N1C(=O)C2CCCN2C(=O)c2ccccc21. The second-order valence-electron chi connectivity index (χ2n) is 6.39. The molecule has 4 rings (SSSR count). The number of carbonyl (C=O) groups excluding carboxylic acids is 3. The van der Waals surface area contributed by atoms with Gasteiger partial charge < -0.3 is 9.64 Å². The maximum Gasteiger partial charge on any atom is 0.421 e. The van der Waals surface area contributed by atoms with Gasteiger partial charge in [0.1, 0.15) is 12.6 Å². The number of nitrogens with zero attached hydrogens (tertiary/aromatic N) is 2. The number of ether oxygens (including phenoxy) is 1. The molecule has 1 atom stereocenters. The highest BCUT2D eigenvalue weighted by atomic mass is 16.6. The highest BCUT2D eigenvalue weighted by Gasteiger charge is 2.44. The Bertz CT molecular complexity index is 865. The molecular formula is C20H18N2O4. The van der Waals surface area contributed by atoms with E-state index in [0.29, 0.717) is 18.5 Å². The molecule has 0 N–H and O–H groups in total. The minimum Gasteiger partial charge on any atom is -0.444 e. The van der Waals surface area contributed by atoms with Crippen molar-refractivity contribution in [3.8, 4) is 0 Å². The van der Waals surface area contributed by atoms with E-state index in [2.05, 4.69) is 0 Å². The number of carbonyl (C=O) groups is 3. The molecule has 2 aliphatic rings. The van der Waals surface area contributed by atoms with Crippen LogP contribution in [0.2, 0.25) is 0 Å². The largest absolute Gasteiger partial charge is 0.444 e. The standard InChI is InChI=1S/C20H18N2O4/c23-18-15-9-4-5-10-16(15)22(19(24)17-11-6-12-21(17)18)20(25)26-13-14-7-2-1-3-8-14/h1-5,7-10,17H,6,11-13H2. The van der Waals surface area contributed by atoms with Crippen molar-refractivity contribution in [2.45, 2.75) is 25.5 Å². The van der Waals surface area contributed by atoms with Crippen LogP contribution in [0.3, 0.4) is 0 Å². The van der Waals surface area contributed by atoms with Crippen LogP contribution in [0.1, 0.15) is 28.8 Å². The number of rotatable bonds is 2. The van der Waals surface area contributed by atoms with Crippen molar-refractivity contribution in [1.29, 1.82) is 0 Å². The number of hydrogen-bond acceptors (Lipinski definition) is 4. The van der Waals surface area contributed by atoms with Gasteiger partial charge in [-0.25, -0.2) is 9.69 Å². The Labute approximate surface area is 151 Å². The number of para-hydroxylation sites is 1. The molecule has 0 radical (unpaired) electrons. The summed E-state index contributed by atoms with van der Waals surface area (Å²) in [6, 6.07) is 15.3. The number of benzene rings is 2. The molecule has 2 aromatic rings. The van der Waals surface area contributed by atoms with Gasteiger partial charge in [0.25, 0.3) is 11.8 Å². The number of hydrogen-bond donors (Lipinski definition) is 0. The molecule has 2 heterocycles. The maximum atomic E-state index is 13.0. The molecule has 6 nitrogen and oxygen atoms in total. The zero-order chi connectivity index (χ0) is 18.1. The molecule has 26 heavy (non-hydrogen) atoms. The van der Waals surface area contributed by atoms with Crippen molar-refractivity contribution < 1.29 is 19.1 Å². The molecule has 132 valence electrons. The van der Waals surface area contributed by atoms with E-state index in [1.807, 2.05) is 30.3 Å². The Morgan fingerprint density at radius 2 is 1.77 bits per heavy atom. The topological polar surface area (TPSA) is 66.9 Å². The molecule has 1 saturated heterocycles.